The van der Waals surface area contributed by atoms with Crippen LogP contribution in [0.25, 0.3) is 10.9 Å². The van der Waals surface area contributed by atoms with Crippen LogP contribution < -0.4 is 10.6 Å². The summed E-state index contributed by atoms with van der Waals surface area (Å²) in [6.07, 6.45) is 5.24. The maximum atomic E-state index is 12.4. The Morgan fingerprint density at radius 2 is 2.29 bits per heavy atom. The first kappa shape index (κ1) is 14.9. The van der Waals surface area contributed by atoms with Gasteiger partial charge in [-0.2, -0.15) is 5.10 Å². The summed E-state index contributed by atoms with van der Waals surface area (Å²) in [5.74, 6) is -0.0200. The smallest absolute Gasteiger partial charge is 0.243 e. The van der Waals surface area contributed by atoms with E-state index in [0.29, 0.717) is 6.54 Å². The van der Waals surface area contributed by atoms with E-state index in [-0.39, 0.29) is 11.9 Å². The lowest BCUT2D eigenvalue weighted by Crippen LogP contribution is -2.42. The highest BCUT2D eigenvalue weighted by Gasteiger charge is 2.27. The second-order valence-corrected chi connectivity index (χ2v) is 5.97. The third-order valence-electron chi connectivity index (χ3n) is 4.41. The lowest BCUT2D eigenvalue weighted by Gasteiger charge is -2.22. The molecule has 3 aromatic rings. The first-order valence-corrected chi connectivity index (χ1v) is 8.27. The summed E-state index contributed by atoms with van der Waals surface area (Å²) in [6.45, 7) is 2.18. The molecular weight excluding hydrogens is 304 g/mol. The fourth-order valence-electron chi connectivity index (χ4n) is 3.18. The molecule has 1 aliphatic heterocycles. The SMILES string of the molecule is O=C(NCCCn1ncc2ccccc21)C1NCCc2[nH]cnc21. The Labute approximate surface area is 139 Å². The van der Waals surface area contributed by atoms with Crippen molar-refractivity contribution in [2.24, 2.45) is 0 Å². The van der Waals surface area contributed by atoms with Crippen LogP contribution in [0.3, 0.4) is 0 Å². The molecule has 124 valence electrons. The van der Waals surface area contributed by atoms with Crippen molar-refractivity contribution >= 4 is 16.8 Å². The maximum Gasteiger partial charge on any atom is 0.243 e. The topological polar surface area (TPSA) is 87.6 Å². The minimum Gasteiger partial charge on any atom is -0.354 e. The third-order valence-corrected chi connectivity index (χ3v) is 4.41. The number of imidazole rings is 1. The van der Waals surface area contributed by atoms with Gasteiger partial charge in [0.25, 0.3) is 0 Å². The molecule has 7 nitrogen and oxygen atoms in total. The number of carbonyl (C=O) groups excluding carboxylic acids is 1. The van der Waals surface area contributed by atoms with Gasteiger partial charge >= 0.3 is 0 Å². The summed E-state index contributed by atoms with van der Waals surface area (Å²) in [7, 11) is 0. The van der Waals surface area contributed by atoms with Crippen LogP contribution in [0, 0.1) is 0 Å². The van der Waals surface area contributed by atoms with Gasteiger partial charge in [0.2, 0.25) is 5.91 Å². The number of hydrogen-bond acceptors (Lipinski definition) is 4. The molecule has 3 N–H and O–H groups in total. The predicted octanol–water partition coefficient (Wildman–Crippen LogP) is 1.15. The minimum atomic E-state index is -0.356. The second kappa shape index (κ2) is 6.45. The van der Waals surface area contributed by atoms with Gasteiger partial charge < -0.3 is 15.6 Å². The number of aryl methyl sites for hydroxylation is 1. The van der Waals surface area contributed by atoms with Gasteiger partial charge in [0.1, 0.15) is 6.04 Å². The van der Waals surface area contributed by atoms with Gasteiger partial charge in [0, 0.05) is 37.1 Å². The molecule has 1 amide bonds. The van der Waals surface area contributed by atoms with E-state index in [1.54, 1.807) is 6.33 Å². The first-order valence-electron chi connectivity index (χ1n) is 8.27. The van der Waals surface area contributed by atoms with Gasteiger partial charge in [-0.1, -0.05) is 18.2 Å². The van der Waals surface area contributed by atoms with Crippen molar-refractivity contribution in [2.75, 3.05) is 13.1 Å². The number of carbonyl (C=O) groups is 1. The largest absolute Gasteiger partial charge is 0.354 e. The number of H-pyrrole nitrogens is 1. The Morgan fingerprint density at radius 3 is 3.25 bits per heavy atom. The Morgan fingerprint density at radius 1 is 1.38 bits per heavy atom. The van der Waals surface area contributed by atoms with E-state index >= 15 is 0 Å². The molecule has 2 aromatic heterocycles. The number of nitrogens with one attached hydrogen (secondary N) is 3. The molecule has 0 fully saturated rings. The highest BCUT2D eigenvalue weighted by Crippen LogP contribution is 2.19. The van der Waals surface area contributed by atoms with Crippen LogP contribution in [0.15, 0.2) is 36.8 Å². The number of fused-ring (bicyclic) bond motifs is 2. The highest BCUT2D eigenvalue weighted by molar-refractivity contribution is 5.83. The van der Waals surface area contributed by atoms with E-state index in [4.69, 9.17) is 0 Å². The highest BCUT2D eigenvalue weighted by atomic mass is 16.2. The van der Waals surface area contributed by atoms with Crippen molar-refractivity contribution < 1.29 is 4.79 Å². The van der Waals surface area contributed by atoms with Crippen LogP contribution in [0.5, 0.6) is 0 Å². The molecule has 24 heavy (non-hydrogen) atoms. The zero-order chi connectivity index (χ0) is 16.4. The van der Waals surface area contributed by atoms with Crippen molar-refractivity contribution in [3.8, 4) is 0 Å². The molecule has 7 heteroatoms. The van der Waals surface area contributed by atoms with E-state index in [9.17, 15) is 4.79 Å². The number of nitrogens with zero attached hydrogens (tertiary/aromatic N) is 3. The van der Waals surface area contributed by atoms with Crippen LogP contribution in [0.2, 0.25) is 0 Å². The summed E-state index contributed by atoms with van der Waals surface area (Å²) in [5.41, 5.74) is 2.99. The Kier molecular flexibility index (Phi) is 4.00. The summed E-state index contributed by atoms with van der Waals surface area (Å²) < 4.78 is 1.98. The van der Waals surface area contributed by atoms with E-state index in [2.05, 4.69) is 37.8 Å². The molecule has 3 heterocycles. The van der Waals surface area contributed by atoms with Crippen LogP contribution >= 0.6 is 0 Å². The zero-order valence-electron chi connectivity index (χ0n) is 13.3. The number of aromatic amines is 1. The summed E-state index contributed by atoms with van der Waals surface area (Å²) in [5, 5.41) is 11.8. The minimum absolute atomic E-state index is 0.0200. The molecule has 1 unspecified atom stereocenters. The molecule has 0 saturated heterocycles. The summed E-state index contributed by atoms with van der Waals surface area (Å²) in [6, 6.07) is 7.78. The van der Waals surface area contributed by atoms with Crippen molar-refractivity contribution in [1.29, 1.82) is 0 Å². The Hall–Kier alpha value is -2.67. The summed E-state index contributed by atoms with van der Waals surface area (Å²) in [4.78, 5) is 19.8. The van der Waals surface area contributed by atoms with E-state index in [1.165, 1.54) is 0 Å². The lowest BCUT2D eigenvalue weighted by atomic mass is 10.1. The average Bonchev–Trinajstić information content (AvgIpc) is 3.25. The molecule has 0 saturated carbocycles. The van der Waals surface area contributed by atoms with Gasteiger partial charge in [-0.3, -0.25) is 9.48 Å². The second-order valence-electron chi connectivity index (χ2n) is 5.97. The van der Waals surface area contributed by atoms with E-state index in [1.807, 2.05) is 23.0 Å². The van der Waals surface area contributed by atoms with Crippen molar-refractivity contribution in [2.45, 2.75) is 25.4 Å². The molecule has 0 bridgehead atoms. The number of para-hydroxylation sites is 1. The lowest BCUT2D eigenvalue weighted by molar-refractivity contribution is -0.123. The molecule has 0 radical (unpaired) electrons. The first-order chi connectivity index (χ1) is 11.8. The molecule has 1 atom stereocenters. The molecule has 1 aromatic carbocycles. The van der Waals surface area contributed by atoms with Crippen LogP contribution in [-0.2, 0) is 17.8 Å². The van der Waals surface area contributed by atoms with Crippen molar-refractivity contribution in [3.05, 3.63) is 48.2 Å². The van der Waals surface area contributed by atoms with Gasteiger partial charge in [-0.15, -0.1) is 0 Å². The van der Waals surface area contributed by atoms with E-state index < -0.39 is 0 Å². The number of amides is 1. The summed E-state index contributed by atoms with van der Waals surface area (Å²) >= 11 is 0. The van der Waals surface area contributed by atoms with E-state index in [0.717, 1.165) is 48.2 Å². The van der Waals surface area contributed by atoms with Crippen molar-refractivity contribution in [1.82, 2.24) is 30.4 Å². The normalized spacial score (nSPS) is 16.9. The predicted molar refractivity (Wildman–Crippen MR) is 90.4 cm³/mol. The molecular formula is C17H20N6O. The standard InChI is InChI=1S/C17H20N6O/c24-17(16-15-13(6-8-18-16)20-11-21-15)19-7-3-9-23-14-5-2-1-4-12(14)10-22-23/h1-2,4-5,10-11,16,18H,3,6-9H2,(H,19,24)(H,20,21). The molecule has 0 spiro atoms. The van der Waals surface area contributed by atoms with Crippen LogP contribution in [-0.4, -0.2) is 38.7 Å². The van der Waals surface area contributed by atoms with Crippen molar-refractivity contribution in [3.63, 3.8) is 0 Å². The zero-order valence-corrected chi connectivity index (χ0v) is 13.3. The fourth-order valence-corrected chi connectivity index (χ4v) is 3.18. The Bertz CT molecular complexity index is 852. The van der Waals surface area contributed by atoms with Crippen LogP contribution in [0.4, 0.5) is 0 Å². The number of hydrogen-bond donors (Lipinski definition) is 3. The molecule has 1 aliphatic rings. The van der Waals surface area contributed by atoms with Gasteiger partial charge in [0.05, 0.1) is 23.7 Å². The number of rotatable bonds is 5. The van der Waals surface area contributed by atoms with Gasteiger partial charge in [-0.25, -0.2) is 4.98 Å². The average molecular weight is 324 g/mol. The van der Waals surface area contributed by atoms with Gasteiger partial charge in [0.15, 0.2) is 0 Å². The molecule has 0 aliphatic carbocycles. The molecule has 4 rings (SSSR count). The third kappa shape index (κ3) is 2.78. The number of aromatic nitrogens is 4. The quantitative estimate of drug-likeness (QED) is 0.615. The Balaban J connectivity index is 1.31. The monoisotopic (exact) mass is 324 g/mol. The number of benzene rings is 1. The van der Waals surface area contributed by atoms with Crippen LogP contribution in [0.1, 0.15) is 23.9 Å². The maximum absolute atomic E-state index is 12.4. The fraction of sp³-hybridized carbons (Fsp3) is 0.353. The van der Waals surface area contributed by atoms with Gasteiger partial charge in [-0.05, 0) is 12.5 Å².